The van der Waals surface area contributed by atoms with E-state index in [0.29, 0.717) is 0 Å². The minimum absolute atomic E-state index is 0.237. The van der Waals surface area contributed by atoms with Crippen LogP contribution in [0.4, 0.5) is 4.39 Å². The standard InChI is InChI=1S/C10H15BrFO2/c1-9(2,3)6-5-7(11)10(4,12)14-8(6)13/h5-7H,1-4H3/t6-,7-,10+/m0/s1. The number of hydrogen-bond acceptors (Lipinski definition) is 2. The Hall–Kier alpha value is -0.120. The van der Waals surface area contributed by atoms with Crippen LogP contribution in [0.1, 0.15) is 27.7 Å². The SMILES string of the molecule is CC(C)(C)[C@H]1[CH][C@H](Br)[C@](C)(F)OC1=O. The molecule has 0 saturated carbocycles. The molecule has 1 aliphatic heterocycles. The van der Waals surface area contributed by atoms with Crippen LogP contribution in [0, 0.1) is 17.8 Å². The molecule has 1 aliphatic rings. The Morgan fingerprint density at radius 3 is 2.50 bits per heavy atom. The fraction of sp³-hybridized carbons (Fsp3) is 0.800. The predicted molar refractivity (Wildman–Crippen MR) is 55.6 cm³/mol. The van der Waals surface area contributed by atoms with Gasteiger partial charge in [0, 0.05) is 6.92 Å². The molecular formula is C10H15BrFO2. The van der Waals surface area contributed by atoms with Crippen molar-refractivity contribution in [3.05, 3.63) is 6.42 Å². The molecule has 0 aromatic heterocycles. The molecule has 0 N–H and O–H groups in total. The van der Waals surface area contributed by atoms with Crippen LogP contribution in [0.2, 0.25) is 0 Å². The lowest BCUT2D eigenvalue weighted by atomic mass is 9.76. The van der Waals surface area contributed by atoms with Gasteiger partial charge in [-0.2, -0.15) is 4.39 Å². The quantitative estimate of drug-likeness (QED) is 0.498. The molecule has 0 aliphatic carbocycles. The van der Waals surface area contributed by atoms with Crippen molar-refractivity contribution < 1.29 is 13.9 Å². The molecule has 14 heavy (non-hydrogen) atoms. The molecular weight excluding hydrogens is 251 g/mol. The number of cyclic esters (lactones) is 1. The molecule has 1 radical (unpaired) electrons. The zero-order chi connectivity index (χ0) is 11.1. The summed E-state index contributed by atoms with van der Waals surface area (Å²) < 4.78 is 18.3. The Bertz CT molecular complexity index is 245. The van der Waals surface area contributed by atoms with Crippen LogP contribution >= 0.6 is 15.9 Å². The lowest BCUT2D eigenvalue weighted by molar-refractivity contribution is -0.191. The van der Waals surface area contributed by atoms with E-state index in [1.807, 2.05) is 20.8 Å². The Balaban J connectivity index is 2.83. The Morgan fingerprint density at radius 2 is 2.07 bits per heavy atom. The summed E-state index contributed by atoms with van der Waals surface area (Å²) >= 11 is 3.16. The molecule has 0 bridgehead atoms. The molecule has 2 nitrogen and oxygen atoms in total. The number of ether oxygens (including phenoxy) is 1. The van der Waals surface area contributed by atoms with Gasteiger partial charge in [-0.1, -0.05) is 36.7 Å². The topological polar surface area (TPSA) is 26.3 Å². The van der Waals surface area contributed by atoms with Crippen molar-refractivity contribution in [2.24, 2.45) is 11.3 Å². The van der Waals surface area contributed by atoms with Crippen molar-refractivity contribution in [2.75, 3.05) is 0 Å². The van der Waals surface area contributed by atoms with E-state index < -0.39 is 16.7 Å². The normalized spacial score (nSPS) is 39.4. The van der Waals surface area contributed by atoms with Gasteiger partial charge in [0.2, 0.25) is 0 Å². The van der Waals surface area contributed by atoms with E-state index in [9.17, 15) is 9.18 Å². The van der Waals surface area contributed by atoms with Crippen LogP contribution in [-0.4, -0.2) is 16.7 Å². The van der Waals surface area contributed by atoms with E-state index >= 15 is 0 Å². The van der Waals surface area contributed by atoms with E-state index in [-0.39, 0.29) is 11.3 Å². The predicted octanol–water partition coefficient (Wildman–Crippen LogP) is 2.86. The average Bonchev–Trinajstić information content (AvgIpc) is 1.93. The van der Waals surface area contributed by atoms with Crippen LogP contribution in [0.15, 0.2) is 0 Å². The summed E-state index contributed by atoms with van der Waals surface area (Å²) in [5, 5.41) is 0. The molecule has 81 valence electrons. The highest BCUT2D eigenvalue weighted by Gasteiger charge is 2.49. The van der Waals surface area contributed by atoms with Crippen LogP contribution in [0.5, 0.6) is 0 Å². The van der Waals surface area contributed by atoms with Crippen LogP contribution < -0.4 is 0 Å². The molecule has 0 aromatic rings. The third-order valence-electron chi connectivity index (χ3n) is 2.34. The Morgan fingerprint density at radius 1 is 1.57 bits per heavy atom. The van der Waals surface area contributed by atoms with Gasteiger partial charge in [0.1, 0.15) is 0 Å². The summed E-state index contributed by atoms with van der Waals surface area (Å²) in [5.41, 5.74) is -0.237. The number of halogens is 2. The van der Waals surface area contributed by atoms with Gasteiger partial charge in [0.25, 0.3) is 5.85 Å². The lowest BCUT2D eigenvalue weighted by Gasteiger charge is -2.39. The van der Waals surface area contributed by atoms with Crippen molar-refractivity contribution in [2.45, 2.75) is 38.4 Å². The van der Waals surface area contributed by atoms with Crippen molar-refractivity contribution >= 4 is 21.9 Å². The van der Waals surface area contributed by atoms with E-state index in [0.717, 1.165) is 0 Å². The maximum absolute atomic E-state index is 13.6. The number of hydrogen-bond donors (Lipinski definition) is 0. The lowest BCUT2D eigenvalue weighted by Crippen LogP contribution is -2.49. The van der Waals surface area contributed by atoms with Crippen molar-refractivity contribution in [3.8, 4) is 0 Å². The first-order valence-electron chi connectivity index (χ1n) is 4.55. The number of carbonyl (C=O) groups excluding carboxylic acids is 1. The number of alkyl halides is 2. The second kappa shape index (κ2) is 3.47. The van der Waals surface area contributed by atoms with E-state index in [1.165, 1.54) is 6.92 Å². The number of esters is 1. The minimum atomic E-state index is -1.93. The average molecular weight is 266 g/mol. The third kappa shape index (κ3) is 2.27. The van der Waals surface area contributed by atoms with Gasteiger partial charge in [-0.15, -0.1) is 0 Å². The second-order valence-electron chi connectivity index (χ2n) is 4.84. The van der Waals surface area contributed by atoms with Gasteiger partial charge in [0.05, 0.1) is 10.7 Å². The highest BCUT2D eigenvalue weighted by atomic mass is 79.9. The zero-order valence-electron chi connectivity index (χ0n) is 8.80. The summed E-state index contributed by atoms with van der Waals surface area (Å²) in [6.45, 7) is 7.03. The van der Waals surface area contributed by atoms with Gasteiger partial charge < -0.3 is 4.74 Å². The number of rotatable bonds is 0. The van der Waals surface area contributed by atoms with E-state index in [2.05, 4.69) is 15.9 Å². The maximum atomic E-state index is 13.6. The van der Waals surface area contributed by atoms with Crippen molar-refractivity contribution in [1.29, 1.82) is 0 Å². The summed E-state index contributed by atoms with van der Waals surface area (Å²) in [6, 6.07) is 0. The minimum Gasteiger partial charge on any atom is -0.427 e. The van der Waals surface area contributed by atoms with Gasteiger partial charge in [0.15, 0.2) is 0 Å². The summed E-state index contributed by atoms with van der Waals surface area (Å²) in [7, 11) is 0. The fourth-order valence-electron chi connectivity index (χ4n) is 1.38. The first-order chi connectivity index (χ1) is 6.14. The smallest absolute Gasteiger partial charge is 0.312 e. The maximum Gasteiger partial charge on any atom is 0.312 e. The molecule has 1 rings (SSSR count). The summed E-state index contributed by atoms with van der Waals surface area (Å²) in [4.78, 5) is 10.9. The molecule has 0 amide bonds. The van der Waals surface area contributed by atoms with E-state index in [1.54, 1.807) is 6.42 Å². The molecule has 1 fully saturated rings. The van der Waals surface area contributed by atoms with Gasteiger partial charge in [-0.25, -0.2) is 0 Å². The second-order valence-corrected chi connectivity index (χ2v) is 5.83. The third-order valence-corrected chi connectivity index (χ3v) is 3.46. The zero-order valence-corrected chi connectivity index (χ0v) is 10.4. The highest BCUT2D eigenvalue weighted by molar-refractivity contribution is 9.09. The first-order valence-corrected chi connectivity index (χ1v) is 5.47. The monoisotopic (exact) mass is 265 g/mol. The van der Waals surface area contributed by atoms with Gasteiger partial charge in [-0.3, -0.25) is 4.79 Å². The van der Waals surface area contributed by atoms with Crippen molar-refractivity contribution in [1.82, 2.24) is 0 Å². The van der Waals surface area contributed by atoms with Crippen LogP contribution in [-0.2, 0) is 9.53 Å². The largest absolute Gasteiger partial charge is 0.427 e. The first kappa shape index (κ1) is 12.0. The Labute approximate surface area is 92.3 Å². The molecule has 0 aromatic carbocycles. The highest BCUT2D eigenvalue weighted by Crippen LogP contribution is 2.41. The Kier molecular flexibility index (Phi) is 2.96. The van der Waals surface area contributed by atoms with Gasteiger partial charge >= 0.3 is 5.97 Å². The molecule has 1 saturated heterocycles. The molecule has 4 heteroatoms. The van der Waals surface area contributed by atoms with Crippen molar-refractivity contribution in [3.63, 3.8) is 0 Å². The van der Waals surface area contributed by atoms with Crippen LogP contribution in [0.25, 0.3) is 0 Å². The molecule has 3 atom stereocenters. The van der Waals surface area contributed by atoms with E-state index in [4.69, 9.17) is 4.74 Å². The fourth-order valence-corrected chi connectivity index (χ4v) is 1.78. The van der Waals surface area contributed by atoms with Crippen LogP contribution in [0.3, 0.4) is 0 Å². The number of carbonyl (C=O) groups is 1. The molecule has 1 heterocycles. The molecule has 0 spiro atoms. The van der Waals surface area contributed by atoms with Gasteiger partial charge in [-0.05, 0) is 11.8 Å². The summed E-state index contributed by atoms with van der Waals surface area (Å²) in [5.74, 6) is -2.78. The molecule has 0 unspecified atom stereocenters. The summed E-state index contributed by atoms with van der Waals surface area (Å²) in [6.07, 6.45) is 1.67.